The van der Waals surface area contributed by atoms with Crippen LogP contribution in [-0.4, -0.2) is 57.6 Å². The number of piperidine rings is 1. The third-order valence-corrected chi connectivity index (χ3v) is 7.66. The summed E-state index contributed by atoms with van der Waals surface area (Å²) < 4.78 is 16.9. The summed E-state index contributed by atoms with van der Waals surface area (Å²) in [6.45, 7) is 3.15. The van der Waals surface area contributed by atoms with Crippen LogP contribution in [0, 0.1) is 10.8 Å². The molecule has 0 aromatic heterocycles. The van der Waals surface area contributed by atoms with Crippen LogP contribution >= 0.6 is 0 Å². The highest BCUT2D eigenvalue weighted by molar-refractivity contribution is 5.80. The van der Waals surface area contributed by atoms with Gasteiger partial charge < -0.3 is 19.1 Å². The van der Waals surface area contributed by atoms with Crippen LogP contribution < -0.4 is 14.2 Å². The Morgan fingerprint density at radius 1 is 1.11 bits per heavy atom. The molecule has 3 aliphatic heterocycles. The van der Waals surface area contributed by atoms with Crippen molar-refractivity contribution in [1.29, 1.82) is 0 Å². The first-order valence-electron chi connectivity index (χ1n) is 12.6. The molecule has 0 amide bonds. The zero-order chi connectivity index (χ0) is 25.0. The van der Waals surface area contributed by atoms with Gasteiger partial charge in [-0.25, -0.2) is 0 Å². The van der Waals surface area contributed by atoms with Crippen molar-refractivity contribution in [3.05, 3.63) is 76.7 Å². The van der Waals surface area contributed by atoms with E-state index in [0.717, 1.165) is 67.3 Å². The predicted molar refractivity (Wildman–Crippen MR) is 142 cm³/mol. The van der Waals surface area contributed by atoms with E-state index in [9.17, 15) is 4.91 Å². The molecular weight excluding hydrogens is 454 g/mol. The largest absolute Gasteiger partial charge is 0.497 e. The van der Waals surface area contributed by atoms with Crippen LogP contribution in [0.25, 0.3) is 5.57 Å². The third kappa shape index (κ3) is 4.80. The van der Waals surface area contributed by atoms with Gasteiger partial charge in [0.25, 0.3) is 0 Å². The van der Waals surface area contributed by atoms with Gasteiger partial charge in [-0.15, -0.1) is 4.91 Å². The number of fused-ring (bicyclic) bond motifs is 2. The van der Waals surface area contributed by atoms with Gasteiger partial charge in [0.15, 0.2) is 0 Å². The lowest BCUT2D eigenvalue weighted by atomic mass is 9.81. The molecule has 2 aromatic carbocycles. The predicted octanol–water partition coefficient (Wildman–Crippen LogP) is 5.25. The Morgan fingerprint density at radius 3 is 2.58 bits per heavy atom. The molecule has 2 aromatic rings. The van der Waals surface area contributed by atoms with Crippen molar-refractivity contribution in [1.82, 2.24) is 4.90 Å². The smallest absolute Gasteiger partial charge is 0.130 e. The van der Waals surface area contributed by atoms with Crippen molar-refractivity contribution in [2.45, 2.75) is 30.8 Å². The minimum Gasteiger partial charge on any atom is -0.497 e. The number of aliphatic imine (C=N–C) groups is 1. The molecule has 3 heterocycles. The van der Waals surface area contributed by atoms with Crippen molar-refractivity contribution in [3.63, 3.8) is 0 Å². The summed E-state index contributed by atoms with van der Waals surface area (Å²) in [4.78, 5) is 19.1. The highest BCUT2D eigenvalue weighted by Gasteiger charge is 2.38. The fourth-order valence-corrected chi connectivity index (χ4v) is 5.48. The van der Waals surface area contributed by atoms with Gasteiger partial charge in [0.1, 0.15) is 29.4 Å². The average Bonchev–Trinajstić information content (AvgIpc) is 3.10. The first-order valence-corrected chi connectivity index (χ1v) is 12.6. The maximum absolute atomic E-state index is 12.0. The number of allylic oxidation sites excluding steroid dienone is 1. The van der Waals surface area contributed by atoms with Crippen molar-refractivity contribution >= 4 is 11.8 Å². The van der Waals surface area contributed by atoms with Gasteiger partial charge in [0, 0.05) is 37.3 Å². The number of likely N-dealkylation sites (tertiary alicyclic amines) is 1. The second-order valence-electron chi connectivity index (χ2n) is 9.59. The van der Waals surface area contributed by atoms with E-state index in [0.29, 0.717) is 6.61 Å². The number of nitrogens with zero attached hydrogens (tertiary/aromatic N) is 3. The number of benzene rings is 2. The molecule has 0 N–H and O–H groups in total. The summed E-state index contributed by atoms with van der Waals surface area (Å²) in [6.07, 6.45) is 10.8. The minimum absolute atomic E-state index is 0.0680. The molecule has 36 heavy (non-hydrogen) atoms. The number of hydrogen-bond donors (Lipinski definition) is 0. The molecule has 7 nitrogen and oxygen atoms in total. The zero-order valence-electron chi connectivity index (χ0n) is 20.9. The van der Waals surface area contributed by atoms with Crippen LogP contribution in [0.15, 0.2) is 70.9 Å². The van der Waals surface area contributed by atoms with Crippen molar-refractivity contribution in [3.8, 4) is 17.2 Å². The van der Waals surface area contributed by atoms with Gasteiger partial charge in [0.05, 0.1) is 20.3 Å². The quantitative estimate of drug-likeness (QED) is 0.499. The van der Waals surface area contributed by atoms with Crippen LogP contribution in [0.3, 0.4) is 0 Å². The third-order valence-electron chi connectivity index (χ3n) is 7.66. The Hall–Kier alpha value is -3.45. The molecule has 1 fully saturated rings. The fraction of sp³-hybridized carbons (Fsp3) is 0.414. The van der Waals surface area contributed by atoms with Crippen molar-refractivity contribution < 1.29 is 14.2 Å². The van der Waals surface area contributed by atoms with E-state index in [2.05, 4.69) is 33.3 Å². The summed E-state index contributed by atoms with van der Waals surface area (Å²) in [7, 11) is 3.33. The maximum atomic E-state index is 12.0. The van der Waals surface area contributed by atoms with E-state index < -0.39 is 5.54 Å². The van der Waals surface area contributed by atoms with Gasteiger partial charge in [0.2, 0.25) is 0 Å². The molecule has 188 valence electrons. The molecule has 0 spiro atoms. The molecular formula is C29H33N3O4. The molecule has 5 rings (SSSR count). The number of methoxy groups -OCH3 is 2. The van der Waals surface area contributed by atoms with E-state index in [4.69, 9.17) is 14.2 Å². The number of hydrogen-bond acceptors (Lipinski definition) is 7. The highest BCUT2D eigenvalue weighted by Crippen LogP contribution is 2.41. The first-order chi connectivity index (χ1) is 17.7. The molecule has 1 saturated heterocycles. The van der Waals surface area contributed by atoms with Crippen molar-refractivity contribution in [2.75, 3.05) is 40.5 Å². The molecule has 0 aliphatic carbocycles. The molecule has 7 heteroatoms. The van der Waals surface area contributed by atoms with Crippen LogP contribution in [-0.2, 0) is 5.54 Å². The van der Waals surface area contributed by atoms with E-state index in [-0.39, 0.29) is 12.0 Å². The van der Waals surface area contributed by atoms with Gasteiger partial charge in [-0.2, -0.15) is 0 Å². The SMILES string of the molecule is COc1ccc(C2(N=O)CCN(CC/C=C3/c4cc(OC)ccc4OCC4N=CC=CC34)CC2)cc1. The topological polar surface area (TPSA) is 72.7 Å². The van der Waals surface area contributed by atoms with Crippen LogP contribution in [0.2, 0.25) is 0 Å². The molecule has 0 radical (unpaired) electrons. The first kappa shape index (κ1) is 24.3. The normalized spacial score (nSPS) is 23.8. The average molecular weight is 488 g/mol. The summed E-state index contributed by atoms with van der Waals surface area (Å²) >= 11 is 0. The standard InChI is InChI=1S/C29H33N3O4/c1-34-22-9-7-21(8-10-22)29(31-33)13-17-32(18-14-29)16-4-6-24-25-5-3-15-30-27(25)20-36-28-12-11-23(35-2)19-26(24)28/h3,5-12,15,19,25,27H,4,13-14,16-18,20H2,1-2H3/b24-6+. The molecule has 0 saturated carbocycles. The molecule has 3 aliphatic rings. The highest BCUT2D eigenvalue weighted by atomic mass is 16.5. The van der Waals surface area contributed by atoms with E-state index >= 15 is 0 Å². The zero-order valence-corrected chi connectivity index (χ0v) is 20.9. The molecule has 2 unspecified atom stereocenters. The minimum atomic E-state index is -0.659. The number of nitroso groups, excluding NO2 is 1. The lowest BCUT2D eigenvalue weighted by molar-refractivity contribution is 0.164. The summed E-state index contributed by atoms with van der Waals surface area (Å²) in [5.41, 5.74) is 2.62. The van der Waals surface area contributed by atoms with E-state index in [1.54, 1.807) is 14.2 Å². The maximum Gasteiger partial charge on any atom is 0.130 e. The van der Waals surface area contributed by atoms with Gasteiger partial charge in [-0.3, -0.25) is 4.99 Å². The Morgan fingerprint density at radius 2 is 1.86 bits per heavy atom. The second-order valence-corrected chi connectivity index (χ2v) is 9.59. The fourth-order valence-electron chi connectivity index (χ4n) is 5.48. The van der Waals surface area contributed by atoms with E-state index in [1.165, 1.54) is 5.57 Å². The Labute approximate surface area is 212 Å². The van der Waals surface area contributed by atoms with Crippen molar-refractivity contribution in [2.24, 2.45) is 16.1 Å². The lowest BCUT2D eigenvalue weighted by Gasteiger charge is -2.37. The van der Waals surface area contributed by atoms with Crippen LogP contribution in [0.4, 0.5) is 0 Å². The number of ether oxygens (including phenoxy) is 3. The second kappa shape index (κ2) is 10.7. The Kier molecular flexibility index (Phi) is 7.18. The summed E-state index contributed by atoms with van der Waals surface area (Å²) in [6, 6.07) is 13.8. The molecule has 0 bridgehead atoms. The van der Waals surface area contributed by atoms with E-state index in [1.807, 2.05) is 48.7 Å². The monoisotopic (exact) mass is 487 g/mol. The molecule has 2 atom stereocenters. The summed E-state index contributed by atoms with van der Waals surface area (Å²) in [5, 5.41) is 3.61. The number of rotatable bonds is 7. The Balaban J connectivity index is 1.29. The summed E-state index contributed by atoms with van der Waals surface area (Å²) in [5.74, 6) is 2.65. The number of dihydropyridines is 1. The van der Waals surface area contributed by atoms with Crippen LogP contribution in [0.5, 0.6) is 17.2 Å². The van der Waals surface area contributed by atoms with Gasteiger partial charge >= 0.3 is 0 Å². The van der Waals surface area contributed by atoms with Crippen LogP contribution in [0.1, 0.15) is 30.4 Å². The van der Waals surface area contributed by atoms with Gasteiger partial charge in [-0.05, 0) is 66.8 Å². The lowest BCUT2D eigenvalue weighted by Crippen LogP contribution is -2.41. The Bertz CT molecular complexity index is 1160. The van der Waals surface area contributed by atoms with Gasteiger partial charge in [-0.1, -0.05) is 29.5 Å².